The van der Waals surface area contributed by atoms with Gasteiger partial charge >= 0.3 is 0 Å². The van der Waals surface area contributed by atoms with Crippen molar-refractivity contribution in [3.05, 3.63) is 53.3 Å². The molecule has 0 aromatic heterocycles. The third-order valence-corrected chi connectivity index (χ3v) is 5.47. The number of aliphatic hydroxyl groups is 1. The second-order valence-electron chi connectivity index (χ2n) is 7.32. The van der Waals surface area contributed by atoms with E-state index in [4.69, 9.17) is 9.47 Å². The van der Waals surface area contributed by atoms with E-state index in [1.54, 1.807) is 31.4 Å². The Hall–Kier alpha value is -2.35. The van der Waals surface area contributed by atoms with E-state index < -0.39 is 0 Å². The molecule has 2 aromatic carbocycles. The van der Waals surface area contributed by atoms with Gasteiger partial charge in [0.05, 0.1) is 14.2 Å². The molecule has 1 aliphatic heterocycles. The minimum Gasteiger partial charge on any atom is -0.508 e. The Morgan fingerprint density at radius 3 is 2.41 bits per heavy atom. The van der Waals surface area contributed by atoms with Crippen LogP contribution in [-0.4, -0.2) is 66.5 Å². The molecule has 0 unspecified atom stereocenters. The summed E-state index contributed by atoms with van der Waals surface area (Å²) in [6.07, 6.45) is 0.609. The van der Waals surface area contributed by atoms with Gasteiger partial charge in [0.25, 0.3) is 0 Å². The number of aromatic hydroxyl groups is 1. The van der Waals surface area contributed by atoms with E-state index in [2.05, 4.69) is 9.80 Å². The van der Waals surface area contributed by atoms with Crippen molar-refractivity contribution < 1.29 is 24.1 Å². The van der Waals surface area contributed by atoms with Crippen molar-refractivity contribution in [3.8, 4) is 17.2 Å². The van der Waals surface area contributed by atoms with Crippen LogP contribution >= 0.6 is 0 Å². The minimum absolute atomic E-state index is 0.0739. The Kier molecular flexibility index (Phi) is 7.30. The average Bonchev–Trinajstić information content (AvgIpc) is 2.73. The predicted molar refractivity (Wildman–Crippen MR) is 109 cm³/mol. The maximum absolute atomic E-state index is 14.4. The van der Waals surface area contributed by atoms with Gasteiger partial charge in [-0.1, -0.05) is 6.07 Å². The standard InChI is InChI=1S/C22H29FN2O4/c1-28-19-5-6-22(27)17(11-19)13-24-8-9-25(18(15-24)7-10-26)14-16-3-4-20(29-2)12-21(16)23/h3-6,11-12,18,26-27H,7-10,13-15H2,1-2H3/t18-/m1/s1. The van der Waals surface area contributed by atoms with E-state index in [-0.39, 0.29) is 24.2 Å². The summed E-state index contributed by atoms with van der Waals surface area (Å²) in [6, 6.07) is 10.2. The van der Waals surface area contributed by atoms with Crippen LogP contribution in [0.1, 0.15) is 17.5 Å². The first-order valence-electron chi connectivity index (χ1n) is 9.79. The quantitative estimate of drug-likeness (QED) is 0.705. The number of piperazine rings is 1. The summed E-state index contributed by atoms with van der Waals surface area (Å²) in [5, 5.41) is 19.7. The van der Waals surface area contributed by atoms with Gasteiger partial charge in [0.15, 0.2) is 0 Å². The predicted octanol–water partition coefficient (Wildman–Crippen LogP) is 2.62. The molecule has 7 heteroatoms. The van der Waals surface area contributed by atoms with E-state index in [0.29, 0.717) is 36.6 Å². The minimum atomic E-state index is -0.282. The first-order valence-corrected chi connectivity index (χ1v) is 9.79. The number of methoxy groups -OCH3 is 2. The lowest BCUT2D eigenvalue weighted by atomic mass is 10.1. The zero-order chi connectivity index (χ0) is 20.8. The molecular weight excluding hydrogens is 375 g/mol. The Bertz CT molecular complexity index is 817. The van der Waals surface area contributed by atoms with Crippen LogP contribution in [0.5, 0.6) is 17.2 Å². The zero-order valence-corrected chi connectivity index (χ0v) is 17.0. The van der Waals surface area contributed by atoms with Crippen LogP contribution in [0.2, 0.25) is 0 Å². The van der Waals surface area contributed by atoms with E-state index in [1.807, 2.05) is 6.07 Å². The summed E-state index contributed by atoms with van der Waals surface area (Å²) in [5.41, 5.74) is 1.43. The van der Waals surface area contributed by atoms with Crippen molar-refractivity contribution in [3.63, 3.8) is 0 Å². The highest BCUT2D eigenvalue weighted by molar-refractivity contribution is 5.39. The largest absolute Gasteiger partial charge is 0.508 e. The van der Waals surface area contributed by atoms with E-state index in [9.17, 15) is 14.6 Å². The Morgan fingerprint density at radius 1 is 1.00 bits per heavy atom. The SMILES string of the molecule is COc1ccc(CN2CCN(Cc3cc(OC)ccc3O)C[C@H]2CCO)c(F)c1. The molecule has 0 spiro atoms. The maximum Gasteiger partial charge on any atom is 0.131 e. The number of ether oxygens (including phenoxy) is 2. The van der Waals surface area contributed by atoms with Gasteiger partial charge in [-0.15, -0.1) is 0 Å². The topological polar surface area (TPSA) is 65.4 Å². The molecule has 1 aliphatic rings. The monoisotopic (exact) mass is 404 g/mol. The molecule has 0 radical (unpaired) electrons. The highest BCUT2D eigenvalue weighted by atomic mass is 19.1. The second kappa shape index (κ2) is 9.91. The van der Waals surface area contributed by atoms with E-state index >= 15 is 0 Å². The molecule has 1 saturated heterocycles. The molecule has 1 atom stereocenters. The second-order valence-corrected chi connectivity index (χ2v) is 7.32. The molecule has 0 aliphatic carbocycles. The number of aliphatic hydroxyl groups excluding tert-OH is 1. The van der Waals surface area contributed by atoms with Crippen molar-refractivity contribution in [2.45, 2.75) is 25.6 Å². The number of nitrogens with zero attached hydrogens (tertiary/aromatic N) is 2. The number of rotatable bonds is 8. The molecule has 0 amide bonds. The Balaban J connectivity index is 1.68. The van der Waals surface area contributed by atoms with Crippen molar-refractivity contribution >= 4 is 0 Å². The summed E-state index contributed by atoms with van der Waals surface area (Å²) >= 11 is 0. The van der Waals surface area contributed by atoms with Crippen LogP contribution in [0.15, 0.2) is 36.4 Å². The van der Waals surface area contributed by atoms with Gasteiger partial charge in [-0.25, -0.2) is 4.39 Å². The first kappa shape index (κ1) is 21.4. The fourth-order valence-electron chi connectivity index (χ4n) is 3.79. The summed E-state index contributed by atoms with van der Waals surface area (Å²) in [7, 11) is 3.12. The van der Waals surface area contributed by atoms with Gasteiger partial charge in [-0.05, 0) is 30.7 Å². The first-order chi connectivity index (χ1) is 14.0. The molecule has 3 rings (SSSR count). The van der Waals surface area contributed by atoms with Gasteiger partial charge in [-0.2, -0.15) is 0 Å². The fourth-order valence-corrected chi connectivity index (χ4v) is 3.79. The number of hydrogen-bond donors (Lipinski definition) is 2. The molecule has 2 aromatic rings. The molecule has 6 nitrogen and oxygen atoms in total. The number of halogens is 1. The molecule has 0 bridgehead atoms. The molecule has 2 N–H and O–H groups in total. The van der Waals surface area contributed by atoms with Crippen LogP contribution < -0.4 is 9.47 Å². The van der Waals surface area contributed by atoms with Gasteiger partial charge in [0.1, 0.15) is 23.1 Å². The van der Waals surface area contributed by atoms with Crippen molar-refractivity contribution in [1.29, 1.82) is 0 Å². The molecular formula is C22H29FN2O4. The molecule has 1 fully saturated rings. The van der Waals surface area contributed by atoms with Gasteiger partial charge < -0.3 is 19.7 Å². The summed E-state index contributed by atoms with van der Waals surface area (Å²) in [4.78, 5) is 4.46. The van der Waals surface area contributed by atoms with Crippen LogP contribution in [0.25, 0.3) is 0 Å². The lowest BCUT2D eigenvalue weighted by molar-refractivity contribution is 0.0489. The zero-order valence-electron chi connectivity index (χ0n) is 17.0. The highest BCUT2D eigenvalue weighted by Gasteiger charge is 2.27. The lowest BCUT2D eigenvalue weighted by Gasteiger charge is -2.41. The van der Waals surface area contributed by atoms with Gasteiger partial charge in [0, 0.05) is 62.6 Å². The average molecular weight is 404 g/mol. The fraction of sp³-hybridized carbons (Fsp3) is 0.455. The third kappa shape index (κ3) is 5.38. The lowest BCUT2D eigenvalue weighted by Crippen LogP contribution is -2.52. The third-order valence-electron chi connectivity index (χ3n) is 5.47. The van der Waals surface area contributed by atoms with Crippen LogP contribution in [0, 0.1) is 5.82 Å². The van der Waals surface area contributed by atoms with Gasteiger partial charge in [0.2, 0.25) is 0 Å². The normalized spacial score (nSPS) is 18.0. The van der Waals surface area contributed by atoms with Crippen molar-refractivity contribution in [2.24, 2.45) is 0 Å². The van der Waals surface area contributed by atoms with Crippen LogP contribution in [-0.2, 0) is 13.1 Å². The van der Waals surface area contributed by atoms with Crippen LogP contribution in [0.4, 0.5) is 4.39 Å². The summed E-state index contributed by atoms with van der Waals surface area (Å²) in [5.74, 6) is 1.17. The number of phenols is 1. The number of hydrogen-bond acceptors (Lipinski definition) is 6. The van der Waals surface area contributed by atoms with Crippen molar-refractivity contribution in [2.75, 3.05) is 40.5 Å². The van der Waals surface area contributed by atoms with E-state index in [0.717, 1.165) is 25.2 Å². The Labute approximate surface area is 171 Å². The molecule has 1 heterocycles. The van der Waals surface area contributed by atoms with Crippen LogP contribution in [0.3, 0.4) is 0 Å². The smallest absolute Gasteiger partial charge is 0.131 e. The summed E-state index contributed by atoms with van der Waals surface area (Å²) in [6.45, 7) is 3.42. The maximum atomic E-state index is 14.4. The molecule has 158 valence electrons. The number of benzene rings is 2. The van der Waals surface area contributed by atoms with Crippen molar-refractivity contribution in [1.82, 2.24) is 9.80 Å². The Morgan fingerprint density at radius 2 is 1.72 bits per heavy atom. The molecule has 0 saturated carbocycles. The number of phenolic OH excluding ortho intramolecular Hbond substituents is 1. The van der Waals surface area contributed by atoms with Gasteiger partial charge in [-0.3, -0.25) is 9.80 Å². The summed E-state index contributed by atoms with van der Waals surface area (Å²) < 4.78 is 24.7. The molecule has 29 heavy (non-hydrogen) atoms. The van der Waals surface area contributed by atoms with E-state index in [1.165, 1.54) is 13.2 Å². The highest BCUT2D eigenvalue weighted by Crippen LogP contribution is 2.26.